The molecule has 0 bridgehead atoms. The molecule has 1 aromatic carbocycles. The summed E-state index contributed by atoms with van der Waals surface area (Å²) >= 11 is 6.95. The minimum absolute atomic E-state index is 0.0441. The average Bonchev–Trinajstić information content (AvgIpc) is 2.98. The Morgan fingerprint density at radius 1 is 1.31 bits per heavy atom. The maximum absolute atomic E-state index is 13.2. The van der Waals surface area contributed by atoms with E-state index in [1.807, 2.05) is 20.8 Å². The molecule has 2 aromatic heterocycles. The van der Waals surface area contributed by atoms with Crippen molar-refractivity contribution < 1.29 is 9.18 Å². The van der Waals surface area contributed by atoms with Crippen molar-refractivity contribution in [1.82, 2.24) is 19.6 Å². The van der Waals surface area contributed by atoms with E-state index < -0.39 is 11.1 Å². The maximum atomic E-state index is 13.2. The first-order valence-electron chi connectivity index (χ1n) is 7.89. The zero-order valence-electron chi connectivity index (χ0n) is 14.7. The highest BCUT2D eigenvalue weighted by atomic mass is 35.5. The van der Waals surface area contributed by atoms with E-state index in [9.17, 15) is 9.18 Å². The van der Waals surface area contributed by atoms with Gasteiger partial charge in [-0.3, -0.25) is 4.79 Å². The quantitative estimate of drug-likeness (QED) is 0.679. The van der Waals surface area contributed by atoms with E-state index in [2.05, 4.69) is 20.4 Å². The predicted molar refractivity (Wildman–Crippen MR) is 100 cm³/mol. The number of carbonyl (C=O) groups excluding carboxylic acids is 1. The Morgan fingerprint density at radius 2 is 2.04 bits per heavy atom. The van der Waals surface area contributed by atoms with Gasteiger partial charge in [0.25, 0.3) is 5.78 Å². The standard InChI is InChI=1S/C17H17ClFN5OS/c1-8-9(2)20-16-22-17(23-24(16)10(8)3)26-11(4)15(25)21-12-5-6-14(19)13(18)7-12/h5-7,11H,1-4H3,(H,21,25). The van der Waals surface area contributed by atoms with Crippen LogP contribution in [0.2, 0.25) is 5.02 Å². The van der Waals surface area contributed by atoms with Gasteiger partial charge in [-0.25, -0.2) is 13.9 Å². The highest BCUT2D eigenvalue weighted by molar-refractivity contribution is 8.00. The van der Waals surface area contributed by atoms with Gasteiger partial charge in [0.1, 0.15) is 5.82 Å². The van der Waals surface area contributed by atoms with Gasteiger partial charge in [0.05, 0.1) is 10.3 Å². The lowest BCUT2D eigenvalue weighted by atomic mass is 10.2. The number of carbonyl (C=O) groups is 1. The van der Waals surface area contributed by atoms with Crippen LogP contribution in [0, 0.1) is 26.6 Å². The van der Waals surface area contributed by atoms with Crippen LogP contribution in [0.15, 0.2) is 23.4 Å². The Balaban J connectivity index is 1.75. The molecular formula is C17H17ClFN5OS. The summed E-state index contributed by atoms with van der Waals surface area (Å²) in [5, 5.41) is 7.09. The normalized spacial score (nSPS) is 12.4. The molecule has 1 unspecified atom stereocenters. The second-order valence-electron chi connectivity index (χ2n) is 5.89. The van der Waals surface area contributed by atoms with E-state index >= 15 is 0 Å². The molecule has 0 aliphatic carbocycles. The van der Waals surface area contributed by atoms with E-state index in [1.165, 1.54) is 30.0 Å². The van der Waals surface area contributed by atoms with Gasteiger partial charge in [0.2, 0.25) is 11.1 Å². The van der Waals surface area contributed by atoms with Crippen LogP contribution in [0.25, 0.3) is 5.78 Å². The Labute approximate surface area is 159 Å². The summed E-state index contributed by atoms with van der Waals surface area (Å²) < 4.78 is 14.9. The molecule has 1 amide bonds. The fraction of sp³-hybridized carbons (Fsp3) is 0.294. The van der Waals surface area contributed by atoms with E-state index in [0.717, 1.165) is 17.0 Å². The largest absolute Gasteiger partial charge is 0.325 e. The van der Waals surface area contributed by atoms with Crippen molar-refractivity contribution in [2.45, 2.75) is 38.1 Å². The van der Waals surface area contributed by atoms with Crippen molar-refractivity contribution in [2.75, 3.05) is 5.32 Å². The lowest BCUT2D eigenvalue weighted by Gasteiger charge is -2.10. The summed E-state index contributed by atoms with van der Waals surface area (Å²) in [6, 6.07) is 4.03. The fourth-order valence-corrected chi connectivity index (χ4v) is 3.24. The molecule has 0 saturated heterocycles. The average molecular weight is 394 g/mol. The number of aryl methyl sites for hydroxylation is 2. The molecule has 0 aliphatic heterocycles. The molecule has 1 N–H and O–H groups in total. The van der Waals surface area contributed by atoms with Gasteiger partial charge < -0.3 is 5.32 Å². The third-order valence-electron chi connectivity index (χ3n) is 4.08. The zero-order valence-corrected chi connectivity index (χ0v) is 16.2. The number of fused-ring (bicyclic) bond motifs is 1. The molecule has 6 nitrogen and oxygen atoms in total. The molecule has 136 valence electrons. The van der Waals surface area contributed by atoms with E-state index in [1.54, 1.807) is 11.4 Å². The van der Waals surface area contributed by atoms with E-state index in [-0.39, 0.29) is 10.9 Å². The first-order valence-corrected chi connectivity index (χ1v) is 9.15. The van der Waals surface area contributed by atoms with Gasteiger partial charge in [-0.15, -0.1) is 5.10 Å². The molecule has 9 heteroatoms. The number of nitrogens with one attached hydrogen (secondary N) is 1. The van der Waals surface area contributed by atoms with Crippen LogP contribution in [-0.2, 0) is 4.79 Å². The van der Waals surface area contributed by atoms with Crippen molar-refractivity contribution >= 4 is 40.7 Å². The molecular weight excluding hydrogens is 377 g/mol. The number of rotatable bonds is 4. The highest BCUT2D eigenvalue weighted by Gasteiger charge is 2.19. The minimum atomic E-state index is -0.533. The van der Waals surface area contributed by atoms with Crippen LogP contribution in [0.4, 0.5) is 10.1 Å². The van der Waals surface area contributed by atoms with Crippen molar-refractivity contribution in [2.24, 2.45) is 0 Å². The molecule has 0 saturated carbocycles. The molecule has 3 rings (SSSR count). The smallest absolute Gasteiger partial charge is 0.253 e. The number of benzene rings is 1. The van der Waals surface area contributed by atoms with Crippen LogP contribution in [0.3, 0.4) is 0 Å². The van der Waals surface area contributed by atoms with Crippen LogP contribution < -0.4 is 5.32 Å². The second-order valence-corrected chi connectivity index (χ2v) is 7.61. The zero-order chi connectivity index (χ0) is 19.0. The number of amides is 1. The first kappa shape index (κ1) is 18.6. The van der Waals surface area contributed by atoms with Gasteiger partial charge in [-0.05, 0) is 51.5 Å². The van der Waals surface area contributed by atoms with Crippen molar-refractivity contribution in [3.05, 3.63) is 46.0 Å². The third-order valence-corrected chi connectivity index (χ3v) is 5.32. The van der Waals surface area contributed by atoms with Gasteiger partial charge in [-0.2, -0.15) is 4.98 Å². The molecule has 0 spiro atoms. The number of nitrogens with zero attached hydrogens (tertiary/aromatic N) is 4. The van der Waals surface area contributed by atoms with Crippen molar-refractivity contribution in [3.63, 3.8) is 0 Å². The fourth-order valence-electron chi connectivity index (χ4n) is 2.32. The lowest BCUT2D eigenvalue weighted by Crippen LogP contribution is -2.22. The maximum Gasteiger partial charge on any atom is 0.253 e. The molecule has 3 aromatic rings. The third kappa shape index (κ3) is 3.66. The SMILES string of the molecule is Cc1nc2nc(SC(C)C(=O)Nc3ccc(F)c(Cl)c3)nn2c(C)c1C. The highest BCUT2D eigenvalue weighted by Crippen LogP contribution is 2.24. The van der Waals surface area contributed by atoms with Crippen LogP contribution >= 0.6 is 23.4 Å². The topological polar surface area (TPSA) is 72.2 Å². The summed E-state index contributed by atoms with van der Waals surface area (Å²) in [6.45, 7) is 7.60. The second kappa shape index (κ2) is 7.20. The molecule has 1 atom stereocenters. The Hall–Kier alpha value is -2.19. The Morgan fingerprint density at radius 3 is 2.73 bits per heavy atom. The van der Waals surface area contributed by atoms with Crippen molar-refractivity contribution in [3.8, 4) is 0 Å². The number of thioether (sulfide) groups is 1. The van der Waals surface area contributed by atoms with Gasteiger partial charge in [-0.1, -0.05) is 23.4 Å². The number of hydrogen-bond donors (Lipinski definition) is 1. The molecule has 0 fully saturated rings. The minimum Gasteiger partial charge on any atom is -0.325 e. The van der Waals surface area contributed by atoms with E-state index in [4.69, 9.17) is 11.6 Å². The predicted octanol–water partition coefficient (Wildman–Crippen LogP) is 3.96. The molecule has 26 heavy (non-hydrogen) atoms. The molecule has 0 radical (unpaired) electrons. The molecule has 2 heterocycles. The number of hydrogen-bond acceptors (Lipinski definition) is 5. The number of anilines is 1. The summed E-state index contributed by atoms with van der Waals surface area (Å²) in [7, 11) is 0. The molecule has 0 aliphatic rings. The number of halogens is 2. The first-order chi connectivity index (χ1) is 12.3. The summed E-state index contributed by atoms with van der Waals surface area (Å²) in [6.07, 6.45) is 0. The van der Waals surface area contributed by atoms with Crippen LogP contribution in [-0.4, -0.2) is 30.7 Å². The van der Waals surface area contributed by atoms with E-state index in [0.29, 0.717) is 16.6 Å². The summed E-state index contributed by atoms with van der Waals surface area (Å²) in [5.41, 5.74) is 3.35. The van der Waals surface area contributed by atoms with Gasteiger partial charge >= 0.3 is 0 Å². The van der Waals surface area contributed by atoms with Crippen molar-refractivity contribution in [1.29, 1.82) is 0 Å². The van der Waals surface area contributed by atoms with Crippen LogP contribution in [0.5, 0.6) is 0 Å². The van der Waals surface area contributed by atoms with Gasteiger partial charge in [0, 0.05) is 17.1 Å². The summed E-state index contributed by atoms with van der Waals surface area (Å²) in [4.78, 5) is 21.2. The lowest BCUT2D eigenvalue weighted by molar-refractivity contribution is -0.115. The van der Waals surface area contributed by atoms with Gasteiger partial charge in [0.15, 0.2) is 0 Å². The van der Waals surface area contributed by atoms with Crippen LogP contribution in [0.1, 0.15) is 23.9 Å². The Kier molecular flexibility index (Phi) is 5.15. The Bertz CT molecular complexity index is 1010. The summed E-state index contributed by atoms with van der Waals surface area (Å²) in [5.74, 6) is -0.283. The monoisotopic (exact) mass is 393 g/mol. The number of aromatic nitrogens is 4.